The topological polar surface area (TPSA) is 49.8 Å². The summed E-state index contributed by atoms with van der Waals surface area (Å²) in [5, 5.41) is 9.91. The highest BCUT2D eigenvalue weighted by Gasteiger charge is 2.35. The molecule has 1 heterocycles. The zero-order chi connectivity index (χ0) is 12.4. The van der Waals surface area contributed by atoms with Crippen molar-refractivity contribution in [2.75, 3.05) is 13.1 Å². The third-order valence-corrected chi connectivity index (χ3v) is 2.39. The van der Waals surface area contributed by atoms with Gasteiger partial charge in [-0.2, -0.15) is 0 Å². The van der Waals surface area contributed by atoms with Gasteiger partial charge >= 0.3 is 6.09 Å². The monoisotopic (exact) mass is 225 g/mol. The standard InChI is InChI=1S/C12H19NO3/c1-5-12(15)7-6-8-13(9-12)10(14)16-11(2,3)4/h1,15H,6-9H2,2-4H3/t12-/m1/s1. The van der Waals surface area contributed by atoms with Crippen LogP contribution in [-0.4, -0.2) is 40.4 Å². The molecule has 90 valence electrons. The van der Waals surface area contributed by atoms with Crippen molar-refractivity contribution in [1.29, 1.82) is 0 Å². The SMILES string of the molecule is C#C[C@@]1(O)CCCN(C(=O)OC(C)(C)C)C1. The molecular weight excluding hydrogens is 206 g/mol. The Hall–Kier alpha value is -1.21. The minimum Gasteiger partial charge on any atom is -0.444 e. The van der Waals surface area contributed by atoms with Crippen molar-refractivity contribution in [3.63, 3.8) is 0 Å². The van der Waals surface area contributed by atoms with Gasteiger partial charge in [-0.3, -0.25) is 0 Å². The summed E-state index contributed by atoms with van der Waals surface area (Å²) in [5.41, 5.74) is -1.72. The molecule has 1 rings (SSSR count). The fraction of sp³-hybridized carbons (Fsp3) is 0.750. The molecule has 1 aliphatic rings. The highest BCUT2D eigenvalue weighted by Crippen LogP contribution is 2.22. The first-order valence-corrected chi connectivity index (χ1v) is 5.44. The summed E-state index contributed by atoms with van der Waals surface area (Å²) in [5.74, 6) is 2.33. The zero-order valence-corrected chi connectivity index (χ0v) is 10.1. The van der Waals surface area contributed by atoms with Gasteiger partial charge < -0.3 is 14.7 Å². The van der Waals surface area contributed by atoms with Crippen LogP contribution in [0.3, 0.4) is 0 Å². The van der Waals surface area contributed by atoms with Crippen molar-refractivity contribution in [2.24, 2.45) is 0 Å². The lowest BCUT2D eigenvalue weighted by Crippen LogP contribution is -2.50. The molecular formula is C12H19NO3. The van der Waals surface area contributed by atoms with Crippen molar-refractivity contribution in [3.8, 4) is 12.3 Å². The minimum atomic E-state index is -1.20. The van der Waals surface area contributed by atoms with Gasteiger partial charge in [-0.15, -0.1) is 6.42 Å². The van der Waals surface area contributed by atoms with Gasteiger partial charge in [-0.25, -0.2) is 4.79 Å². The molecule has 1 aliphatic heterocycles. The maximum absolute atomic E-state index is 11.7. The molecule has 4 nitrogen and oxygen atoms in total. The molecule has 0 aromatic rings. The smallest absolute Gasteiger partial charge is 0.410 e. The summed E-state index contributed by atoms with van der Waals surface area (Å²) in [6, 6.07) is 0. The van der Waals surface area contributed by atoms with Gasteiger partial charge in [0.25, 0.3) is 0 Å². The molecule has 0 aromatic heterocycles. The molecule has 0 saturated carbocycles. The third kappa shape index (κ3) is 3.42. The van der Waals surface area contributed by atoms with E-state index in [0.717, 1.165) is 0 Å². The quantitative estimate of drug-likeness (QED) is 0.634. The lowest BCUT2D eigenvalue weighted by atomic mass is 9.94. The highest BCUT2D eigenvalue weighted by molar-refractivity contribution is 5.68. The Morgan fingerprint density at radius 1 is 1.56 bits per heavy atom. The number of β-amino-alcohol motifs (C(OH)–C–C–N with tert-alkyl or cyclic N) is 1. The summed E-state index contributed by atoms with van der Waals surface area (Å²) in [6.45, 7) is 6.16. The average Bonchev–Trinajstić information content (AvgIpc) is 2.15. The molecule has 1 fully saturated rings. The fourth-order valence-corrected chi connectivity index (χ4v) is 1.64. The first kappa shape index (κ1) is 12.9. The maximum atomic E-state index is 11.7. The van der Waals surface area contributed by atoms with Crippen molar-refractivity contribution < 1.29 is 14.6 Å². The highest BCUT2D eigenvalue weighted by atomic mass is 16.6. The summed E-state index contributed by atoms with van der Waals surface area (Å²) in [4.78, 5) is 13.2. The number of ether oxygens (including phenoxy) is 1. The number of nitrogens with zero attached hydrogens (tertiary/aromatic N) is 1. The Bertz CT molecular complexity index is 313. The lowest BCUT2D eigenvalue weighted by Gasteiger charge is -2.36. The van der Waals surface area contributed by atoms with Gasteiger partial charge in [-0.1, -0.05) is 5.92 Å². The Labute approximate surface area is 96.6 Å². The number of hydrogen-bond donors (Lipinski definition) is 1. The molecule has 0 aromatic carbocycles. The average molecular weight is 225 g/mol. The van der Waals surface area contributed by atoms with Crippen LogP contribution < -0.4 is 0 Å². The Balaban J connectivity index is 2.62. The van der Waals surface area contributed by atoms with Gasteiger partial charge in [0.05, 0.1) is 6.54 Å². The number of terminal acetylenes is 1. The molecule has 0 spiro atoms. The van der Waals surface area contributed by atoms with Crippen LogP contribution >= 0.6 is 0 Å². The zero-order valence-electron chi connectivity index (χ0n) is 10.1. The first-order valence-electron chi connectivity index (χ1n) is 5.44. The predicted molar refractivity (Wildman–Crippen MR) is 60.8 cm³/mol. The van der Waals surface area contributed by atoms with E-state index in [-0.39, 0.29) is 6.54 Å². The van der Waals surface area contributed by atoms with E-state index in [1.54, 1.807) is 0 Å². The van der Waals surface area contributed by atoms with E-state index in [0.29, 0.717) is 19.4 Å². The van der Waals surface area contributed by atoms with E-state index in [1.165, 1.54) is 4.90 Å². The summed E-state index contributed by atoms with van der Waals surface area (Å²) in [7, 11) is 0. The molecule has 1 saturated heterocycles. The van der Waals surface area contributed by atoms with Crippen LogP contribution in [0.4, 0.5) is 4.79 Å². The number of aliphatic hydroxyl groups is 1. The number of rotatable bonds is 0. The second kappa shape index (κ2) is 4.34. The number of likely N-dealkylation sites (tertiary alicyclic amines) is 1. The van der Waals surface area contributed by atoms with Crippen molar-refractivity contribution in [2.45, 2.75) is 44.8 Å². The van der Waals surface area contributed by atoms with Gasteiger partial charge in [-0.05, 0) is 33.6 Å². The van der Waals surface area contributed by atoms with Crippen LogP contribution in [-0.2, 0) is 4.74 Å². The lowest BCUT2D eigenvalue weighted by molar-refractivity contribution is -0.0152. The molecule has 4 heteroatoms. The second-order valence-electron chi connectivity index (χ2n) is 5.18. The van der Waals surface area contributed by atoms with Crippen LogP contribution in [0.15, 0.2) is 0 Å². The molecule has 0 bridgehead atoms. The largest absolute Gasteiger partial charge is 0.444 e. The van der Waals surface area contributed by atoms with E-state index in [1.807, 2.05) is 20.8 Å². The van der Waals surface area contributed by atoms with Crippen LogP contribution in [0.2, 0.25) is 0 Å². The van der Waals surface area contributed by atoms with Gasteiger partial charge in [0.1, 0.15) is 11.2 Å². The van der Waals surface area contributed by atoms with Crippen LogP contribution in [0.5, 0.6) is 0 Å². The summed E-state index contributed by atoms with van der Waals surface area (Å²) < 4.78 is 5.22. The van der Waals surface area contributed by atoms with Crippen molar-refractivity contribution in [1.82, 2.24) is 4.90 Å². The second-order valence-corrected chi connectivity index (χ2v) is 5.18. The number of carbonyl (C=O) groups excluding carboxylic acids is 1. The minimum absolute atomic E-state index is 0.151. The first-order chi connectivity index (χ1) is 7.26. The molecule has 1 N–H and O–H groups in total. The fourth-order valence-electron chi connectivity index (χ4n) is 1.64. The van der Waals surface area contributed by atoms with Crippen LogP contribution in [0, 0.1) is 12.3 Å². The number of hydrogen-bond acceptors (Lipinski definition) is 3. The van der Waals surface area contributed by atoms with E-state index < -0.39 is 17.3 Å². The Kier molecular flexibility index (Phi) is 3.49. The number of carbonyl (C=O) groups is 1. The number of piperidine rings is 1. The van der Waals surface area contributed by atoms with Gasteiger partial charge in [0.15, 0.2) is 0 Å². The molecule has 0 unspecified atom stereocenters. The molecule has 1 amide bonds. The molecule has 1 atom stereocenters. The molecule has 0 radical (unpaired) electrons. The van der Waals surface area contributed by atoms with Crippen LogP contribution in [0.1, 0.15) is 33.6 Å². The van der Waals surface area contributed by atoms with E-state index in [9.17, 15) is 9.90 Å². The summed E-state index contributed by atoms with van der Waals surface area (Å²) >= 11 is 0. The predicted octanol–water partition coefficient (Wildman–Crippen LogP) is 1.38. The number of amides is 1. The van der Waals surface area contributed by atoms with E-state index in [4.69, 9.17) is 11.2 Å². The normalized spacial score (nSPS) is 26.1. The maximum Gasteiger partial charge on any atom is 0.410 e. The van der Waals surface area contributed by atoms with Crippen LogP contribution in [0.25, 0.3) is 0 Å². The van der Waals surface area contributed by atoms with E-state index >= 15 is 0 Å². The van der Waals surface area contributed by atoms with Crippen molar-refractivity contribution in [3.05, 3.63) is 0 Å². The third-order valence-electron chi connectivity index (χ3n) is 2.39. The Morgan fingerprint density at radius 3 is 2.69 bits per heavy atom. The molecule has 16 heavy (non-hydrogen) atoms. The van der Waals surface area contributed by atoms with Gasteiger partial charge in [0, 0.05) is 6.54 Å². The van der Waals surface area contributed by atoms with Crippen molar-refractivity contribution >= 4 is 6.09 Å². The van der Waals surface area contributed by atoms with E-state index in [2.05, 4.69) is 5.92 Å². The Morgan fingerprint density at radius 2 is 2.19 bits per heavy atom. The van der Waals surface area contributed by atoms with Gasteiger partial charge in [0.2, 0.25) is 0 Å². The molecule has 0 aliphatic carbocycles. The summed E-state index contributed by atoms with van der Waals surface area (Å²) in [6.07, 6.45) is 6.06.